The van der Waals surface area contributed by atoms with Gasteiger partial charge in [0.15, 0.2) is 0 Å². The van der Waals surface area contributed by atoms with Crippen LogP contribution in [0, 0.1) is 0 Å². The third kappa shape index (κ3) is 2.53. The molecule has 0 saturated heterocycles. The average molecular weight is 254 g/mol. The van der Waals surface area contributed by atoms with Crippen LogP contribution in [0.2, 0.25) is 0 Å². The zero-order chi connectivity index (χ0) is 10.7. The highest BCUT2D eigenvalue weighted by molar-refractivity contribution is 8.38. The Hall–Kier alpha value is -0.520. The Morgan fingerprint density at radius 3 is 2.67 bits per heavy atom. The molecule has 5 heteroatoms. The van der Waals surface area contributed by atoms with Gasteiger partial charge in [-0.25, -0.2) is 9.98 Å². The highest BCUT2D eigenvalue weighted by Gasteiger charge is 2.02. The molecule has 78 valence electrons. The molecule has 0 atom stereocenters. The molecule has 1 aromatic carbocycles. The number of thiazole rings is 1. The lowest BCUT2D eigenvalue weighted by molar-refractivity contribution is 1.42. The maximum Gasteiger partial charge on any atom is 0.211 e. The molecule has 0 saturated carbocycles. The number of fused-ring (bicyclic) bond motifs is 1. The lowest BCUT2D eigenvalue weighted by atomic mass is 10.3. The highest BCUT2D eigenvalue weighted by atomic mass is 32.2. The quantitative estimate of drug-likeness (QED) is 0.568. The van der Waals surface area contributed by atoms with Gasteiger partial charge in [-0.05, 0) is 24.6 Å². The van der Waals surface area contributed by atoms with E-state index < -0.39 is 0 Å². The van der Waals surface area contributed by atoms with Crippen molar-refractivity contribution < 1.29 is 0 Å². The van der Waals surface area contributed by atoms with E-state index in [1.54, 1.807) is 34.9 Å². The maximum absolute atomic E-state index is 4.48. The van der Waals surface area contributed by atoms with Crippen LogP contribution >= 0.6 is 34.9 Å². The van der Waals surface area contributed by atoms with E-state index in [4.69, 9.17) is 0 Å². The number of aliphatic imine (C=N–C) groups is 1. The van der Waals surface area contributed by atoms with Crippen LogP contribution in [0.1, 0.15) is 0 Å². The maximum atomic E-state index is 4.48. The van der Waals surface area contributed by atoms with Crippen LogP contribution in [0.15, 0.2) is 29.3 Å². The van der Waals surface area contributed by atoms with Crippen LogP contribution in [-0.4, -0.2) is 21.9 Å². The monoisotopic (exact) mass is 254 g/mol. The molecule has 0 N–H and O–H groups in total. The minimum absolute atomic E-state index is 0.843. The molecule has 0 aliphatic rings. The van der Waals surface area contributed by atoms with Crippen molar-refractivity contribution in [3.05, 3.63) is 24.3 Å². The van der Waals surface area contributed by atoms with Crippen molar-refractivity contribution in [1.29, 1.82) is 0 Å². The van der Waals surface area contributed by atoms with Crippen molar-refractivity contribution in [3.8, 4) is 0 Å². The molecule has 0 aliphatic heterocycles. The molecule has 0 unspecified atom stereocenters. The van der Waals surface area contributed by atoms with E-state index in [2.05, 4.69) is 16.0 Å². The second-order valence-electron chi connectivity index (χ2n) is 2.75. The number of thioether (sulfide) groups is 2. The molecule has 15 heavy (non-hydrogen) atoms. The van der Waals surface area contributed by atoms with Gasteiger partial charge >= 0.3 is 0 Å². The number of nitrogens with zero attached hydrogens (tertiary/aromatic N) is 2. The van der Waals surface area contributed by atoms with Crippen molar-refractivity contribution in [3.63, 3.8) is 0 Å². The predicted molar refractivity (Wildman–Crippen MR) is 73.7 cm³/mol. The highest BCUT2D eigenvalue weighted by Crippen LogP contribution is 2.29. The number of benzene rings is 1. The summed E-state index contributed by atoms with van der Waals surface area (Å²) in [7, 11) is 0. The summed E-state index contributed by atoms with van der Waals surface area (Å²) in [6.45, 7) is 0. The predicted octanol–water partition coefficient (Wildman–Crippen LogP) is 4.01. The lowest BCUT2D eigenvalue weighted by Gasteiger charge is -1.93. The van der Waals surface area contributed by atoms with Crippen LogP contribution in [0.4, 0.5) is 5.13 Å². The lowest BCUT2D eigenvalue weighted by Crippen LogP contribution is -1.79. The first-order chi connectivity index (χ1) is 7.33. The smallest absolute Gasteiger partial charge is 0.211 e. The third-order valence-corrected chi connectivity index (χ3v) is 4.63. The van der Waals surface area contributed by atoms with Crippen LogP contribution < -0.4 is 0 Å². The fourth-order valence-corrected chi connectivity index (χ4v) is 3.14. The van der Waals surface area contributed by atoms with Gasteiger partial charge in [-0.3, -0.25) is 0 Å². The first kappa shape index (κ1) is 11.0. The van der Waals surface area contributed by atoms with E-state index >= 15 is 0 Å². The molecule has 2 aromatic rings. The summed E-state index contributed by atoms with van der Waals surface area (Å²) in [4.78, 5) is 8.94. The normalized spacial score (nSPS) is 10.5. The SMILES string of the molecule is CSC(=Nc1nc2ccccc2s1)SC. The standard InChI is InChI=1S/C10H10N2S3/c1-13-10(14-2)12-9-11-7-5-3-4-6-8(7)15-9/h3-6H,1-2H3. The van der Waals surface area contributed by atoms with E-state index in [0.29, 0.717) is 0 Å². The fourth-order valence-electron chi connectivity index (χ4n) is 1.16. The Morgan fingerprint density at radius 1 is 1.27 bits per heavy atom. The Balaban J connectivity index is 2.40. The van der Waals surface area contributed by atoms with Crippen LogP contribution in [0.3, 0.4) is 0 Å². The number of rotatable bonds is 1. The fraction of sp³-hybridized carbons (Fsp3) is 0.200. The molecule has 0 radical (unpaired) electrons. The minimum Gasteiger partial charge on any atom is -0.218 e. The van der Waals surface area contributed by atoms with Gasteiger partial charge in [0.2, 0.25) is 5.13 Å². The summed E-state index contributed by atoms with van der Waals surface area (Å²) >= 11 is 4.94. The van der Waals surface area contributed by atoms with E-state index in [1.807, 2.05) is 30.7 Å². The first-order valence-corrected chi connectivity index (χ1v) is 7.62. The topological polar surface area (TPSA) is 25.2 Å². The third-order valence-electron chi connectivity index (χ3n) is 1.82. The number of hydrogen-bond acceptors (Lipinski definition) is 5. The van der Waals surface area contributed by atoms with Crippen molar-refractivity contribution >= 4 is 54.6 Å². The van der Waals surface area contributed by atoms with Gasteiger partial charge in [-0.1, -0.05) is 23.5 Å². The van der Waals surface area contributed by atoms with Crippen molar-refractivity contribution in [2.24, 2.45) is 4.99 Å². The van der Waals surface area contributed by atoms with Crippen LogP contribution in [-0.2, 0) is 0 Å². The molecule has 0 aliphatic carbocycles. The largest absolute Gasteiger partial charge is 0.218 e. The number of hydrogen-bond donors (Lipinski definition) is 0. The van der Waals surface area contributed by atoms with Crippen molar-refractivity contribution in [2.75, 3.05) is 12.5 Å². The van der Waals surface area contributed by atoms with Gasteiger partial charge < -0.3 is 0 Å². The van der Waals surface area contributed by atoms with Crippen molar-refractivity contribution in [2.45, 2.75) is 0 Å². The summed E-state index contributed by atoms with van der Waals surface area (Å²) < 4.78 is 2.24. The molecule has 1 heterocycles. The van der Waals surface area contributed by atoms with E-state index in [1.165, 1.54) is 4.70 Å². The summed E-state index contributed by atoms with van der Waals surface area (Å²) in [6.07, 6.45) is 4.06. The zero-order valence-corrected chi connectivity index (χ0v) is 10.9. The van der Waals surface area contributed by atoms with Crippen molar-refractivity contribution in [1.82, 2.24) is 4.98 Å². The minimum atomic E-state index is 0.843. The molecule has 0 bridgehead atoms. The molecule has 0 amide bonds. The summed E-state index contributed by atoms with van der Waals surface area (Å²) in [6, 6.07) is 8.12. The van der Waals surface area contributed by atoms with E-state index in [-0.39, 0.29) is 0 Å². The molecule has 0 spiro atoms. The average Bonchev–Trinajstić information content (AvgIpc) is 2.68. The zero-order valence-electron chi connectivity index (χ0n) is 8.43. The van der Waals surface area contributed by atoms with Gasteiger partial charge in [0.1, 0.15) is 4.38 Å². The van der Waals surface area contributed by atoms with Gasteiger partial charge in [-0.2, -0.15) is 0 Å². The van der Waals surface area contributed by atoms with Gasteiger partial charge in [-0.15, -0.1) is 23.5 Å². The Bertz CT molecular complexity index is 451. The molecule has 1 aromatic heterocycles. The summed E-state index contributed by atoms with van der Waals surface area (Å²) in [5.41, 5.74) is 1.03. The Labute approximate surface area is 101 Å². The molecule has 2 nitrogen and oxygen atoms in total. The van der Waals surface area contributed by atoms with Gasteiger partial charge in [0.25, 0.3) is 0 Å². The first-order valence-electron chi connectivity index (χ1n) is 4.35. The van der Waals surface area contributed by atoms with E-state index in [0.717, 1.165) is 15.0 Å². The second-order valence-corrected chi connectivity index (χ2v) is 5.61. The van der Waals surface area contributed by atoms with Gasteiger partial charge in [0.05, 0.1) is 10.2 Å². The van der Waals surface area contributed by atoms with Gasteiger partial charge in [0, 0.05) is 0 Å². The second kappa shape index (κ2) is 5.01. The number of aromatic nitrogens is 1. The van der Waals surface area contributed by atoms with E-state index in [9.17, 15) is 0 Å². The Morgan fingerprint density at radius 2 is 2.00 bits per heavy atom. The Kier molecular flexibility index (Phi) is 3.66. The molecular formula is C10H10N2S3. The summed E-state index contributed by atoms with van der Waals surface area (Å²) in [5.74, 6) is 0. The summed E-state index contributed by atoms with van der Waals surface area (Å²) in [5, 5.41) is 0.843. The molecular weight excluding hydrogens is 244 g/mol. The molecule has 0 fully saturated rings. The number of para-hydroxylation sites is 1. The van der Waals surface area contributed by atoms with Crippen LogP contribution in [0.5, 0.6) is 0 Å². The van der Waals surface area contributed by atoms with Crippen LogP contribution in [0.25, 0.3) is 10.2 Å². The molecule has 2 rings (SSSR count).